The molecule has 2 rings (SSSR count). The molecular weight excluding hydrogens is 377 g/mol. The van der Waals surface area contributed by atoms with Crippen molar-refractivity contribution in [2.75, 3.05) is 7.05 Å². The molecule has 0 aliphatic carbocycles. The summed E-state index contributed by atoms with van der Waals surface area (Å²) in [5.74, 6) is -0.900. The quantitative estimate of drug-likeness (QED) is 0.755. The number of aromatic nitrogens is 3. The van der Waals surface area contributed by atoms with Gasteiger partial charge in [0.2, 0.25) is 0 Å². The number of nitrogens with one attached hydrogen (secondary N) is 1. The lowest BCUT2D eigenvalue weighted by Crippen LogP contribution is -2.29. The van der Waals surface area contributed by atoms with Crippen LogP contribution in [0.1, 0.15) is 51.8 Å². The van der Waals surface area contributed by atoms with Crippen LogP contribution in [0, 0.1) is 13.8 Å². The lowest BCUT2D eigenvalue weighted by atomic mass is 10.1. The molecule has 2 aromatic heterocycles. The third-order valence-corrected chi connectivity index (χ3v) is 4.07. The van der Waals surface area contributed by atoms with Crippen LogP contribution in [0.15, 0.2) is 12.4 Å². The Morgan fingerprint density at radius 2 is 1.96 bits per heavy atom. The molecule has 28 heavy (non-hydrogen) atoms. The minimum atomic E-state index is -4.39. The Balaban J connectivity index is 2.21. The summed E-state index contributed by atoms with van der Waals surface area (Å²) in [6.07, 6.45) is -2.23. The fraction of sp³-hybridized carbons (Fsp3) is 0.500. The lowest BCUT2D eigenvalue weighted by Gasteiger charge is -2.18. The highest BCUT2D eigenvalue weighted by molar-refractivity contribution is 6.00. The Morgan fingerprint density at radius 1 is 1.32 bits per heavy atom. The molecule has 154 valence electrons. The van der Waals surface area contributed by atoms with Crippen LogP contribution in [0.4, 0.5) is 13.2 Å². The molecule has 0 saturated carbocycles. The first kappa shape index (κ1) is 21.5. The predicted molar refractivity (Wildman–Crippen MR) is 94.9 cm³/mol. The lowest BCUT2D eigenvalue weighted by molar-refractivity contribution is -0.141. The number of aryl methyl sites for hydroxylation is 1. The van der Waals surface area contributed by atoms with Crippen LogP contribution in [-0.4, -0.2) is 50.6 Å². The van der Waals surface area contributed by atoms with Crippen molar-refractivity contribution in [1.29, 1.82) is 0 Å². The third-order valence-electron chi connectivity index (χ3n) is 4.07. The third kappa shape index (κ3) is 4.93. The summed E-state index contributed by atoms with van der Waals surface area (Å²) in [5.41, 5.74) is 1.38. The van der Waals surface area contributed by atoms with Crippen molar-refractivity contribution in [1.82, 2.24) is 19.4 Å². The molecule has 1 N–H and O–H groups in total. The van der Waals surface area contributed by atoms with Gasteiger partial charge in [-0.2, -0.15) is 13.2 Å². The summed E-state index contributed by atoms with van der Waals surface area (Å²) in [6, 6.07) is 0. The summed E-state index contributed by atoms with van der Waals surface area (Å²) in [7, 11) is 1.46. The molecule has 0 saturated heterocycles. The maximum absolute atomic E-state index is 12.8. The maximum atomic E-state index is 12.8. The number of imidazole rings is 1. The van der Waals surface area contributed by atoms with Crippen molar-refractivity contribution in [3.05, 3.63) is 40.7 Å². The van der Waals surface area contributed by atoms with E-state index >= 15 is 0 Å². The molecule has 2 heterocycles. The topological polar surface area (TPSA) is 80.2 Å². The number of ether oxygens (including phenoxy) is 1. The number of rotatable bonds is 6. The van der Waals surface area contributed by atoms with Gasteiger partial charge in [0, 0.05) is 25.1 Å². The van der Waals surface area contributed by atoms with E-state index in [0.29, 0.717) is 11.3 Å². The van der Waals surface area contributed by atoms with Gasteiger partial charge in [-0.15, -0.1) is 0 Å². The number of esters is 1. The van der Waals surface area contributed by atoms with Crippen molar-refractivity contribution in [3.8, 4) is 0 Å². The van der Waals surface area contributed by atoms with E-state index in [9.17, 15) is 22.8 Å². The predicted octanol–water partition coefficient (Wildman–Crippen LogP) is 3.23. The molecular formula is C18H23F3N4O3. The average molecular weight is 400 g/mol. The van der Waals surface area contributed by atoms with E-state index in [2.05, 4.69) is 9.97 Å². The Morgan fingerprint density at radius 3 is 2.54 bits per heavy atom. The van der Waals surface area contributed by atoms with Gasteiger partial charge in [-0.25, -0.2) is 9.78 Å². The zero-order chi connectivity index (χ0) is 21.2. The van der Waals surface area contributed by atoms with Crippen LogP contribution in [0.2, 0.25) is 0 Å². The van der Waals surface area contributed by atoms with Crippen molar-refractivity contribution in [3.63, 3.8) is 0 Å². The second-order valence-electron chi connectivity index (χ2n) is 6.83. The van der Waals surface area contributed by atoms with Gasteiger partial charge in [0.05, 0.1) is 18.2 Å². The second-order valence-corrected chi connectivity index (χ2v) is 6.83. The zero-order valence-electron chi connectivity index (χ0n) is 16.3. The van der Waals surface area contributed by atoms with E-state index in [1.165, 1.54) is 24.3 Å². The molecule has 0 bridgehead atoms. The summed E-state index contributed by atoms with van der Waals surface area (Å²) in [5, 5.41) is 0. The number of amides is 1. The van der Waals surface area contributed by atoms with Gasteiger partial charge in [-0.05, 0) is 33.3 Å². The zero-order valence-corrected chi connectivity index (χ0v) is 16.3. The highest BCUT2D eigenvalue weighted by Gasteiger charge is 2.30. The molecule has 10 heteroatoms. The van der Waals surface area contributed by atoms with Gasteiger partial charge < -0.3 is 19.2 Å². The van der Waals surface area contributed by atoms with E-state index in [-0.39, 0.29) is 29.7 Å². The first-order valence-electron chi connectivity index (χ1n) is 8.63. The summed E-state index contributed by atoms with van der Waals surface area (Å²) in [4.78, 5) is 33.1. The number of H-pyrrole nitrogens is 1. The molecule has 0 atom stereocenters. The number of alkyl halides is 3. The van der Waals surface area contributed by atoms with Crippen molar-refractivity contribution < 1.29 is 27.5 Å². The fourth-order valence-corrected chi connectivity index (χ4v) is 2.85. The van der Waals surface area contributed by atoms with E-state index < -0.39 is 24.6 Å². The normalized spacial score (nSPS) is 11.8. The molecule has 7 nitrogen and oxygen atoms in total. The van der Waals surface area contributed by atoms with E-state index in [0.717, 1.165) is 4.57 Å². The number of carbonyl (C=O) groups is 2. The first-order chi connectivity index (χ1) is 12.9. The van der Waals surface area contributed by atoms with Crippen LogP contribution >= 0.6 is 0 Å². The van der Waals surface area contributed by atoms with Crippen LogP contribution < -0.4 is 0 Å². The minimum Gasteiger partial charge on any atom is -0.459 e. The number of hydrogen-bond donors (Lipinski definition) is 1. The van der Waals surface area contributed by atoms with Crippen molar-refractivity contribution >= 4 is 11.9 Å². The minimum absolute atomic E-state index is 0.105. The van der Waals surface area contributed by atoms with E-state index in [1.54, 1.807) is 27.7 Å². The van der Waals surface area contributed by atoms with Gasteiger partial charge in [0.15, 0.2) is 0 Å². The van der Waals surface area contributed by atoms with Gasteiger partial charge in [-0.1, -0.05) is 0 Å². The molecule has 1 amide bonds. The first-order valence-corrected chi connectivity index (χ1v) is 8.63. The standard InChI is InChI=1S/C18H23F3N4O3/c1-10(2)28-17(27)14-11(3)15(23-12(14)4)16(26)24(5)8-13-22-6-7-25(13)9-18(19,20)21/h6-7,10,23H,8-9H2,1-5H3. The van der Waals surface area contributed by atoms with Crippen LogP contribution in [0.3, 0.4) is 0 Å². The number of aromatic amines is 1. The number of carbonyl (C=O) groups excluding carboxylic acids is 2. The molecule has 0 unspecified atom stereocenters. The Labute approximate surface area is 160 Å². The monoisotopic (exact) mass is 400 g/mol. The maximum Gasteiger partial charge on any atom is 0.406 e. The molecule has 0 radical (unpaired) electrons. The summed E-state index contributed by atoms with van der Waals surface area (Å²) in [6.45, 7) is 5.40. The largest absolute Gasteiger partial charge is 0.459 e. The highest BCUT2D eigenvalue weighted by atomic mass is 19.4. The smallest absolute Gasteiger partial charge is 0.406 e. The van der Waals surface area contributed by atoms with Gasteiger partial charge in [0.25, 0.3) is 5.91 Å². The number of nitrogens with zero attached hydrogens (tertiary/aromatic N) is 3. The molecule has 0 aliphatic rings. The molecule has 0 aromatic carbocycles. The fourth-order valence-electron chi connectivity index (χ4n) is 2.85. The van der Waals surface area contributed by atoms with E-state index in [1.807, 2.05) is 0 Å². The van der Waals surface area contributed by atoms with Gasteiger partial charge >= 0.3 is 12.1 Å². The number of hydrogen-bond acceptors (Lipinski definition) is 4. The Bertz CT molecular complexity index is 868. The Hall–Kier alpha value is -2.78. The van der Waals surface area contributed by atoms with Crippen LogP contribution in [0.25, 0.3) is 0 Å². The van der Waals surface area contributed by atoms with Crippen LogP contribution in [0.5, 0.6) is 0 Å². The van der Waals surface area contributed by atoms with Crippen molar-refractivity contribution in [2.45, 2.75) is 53.1 Å². The SMILES string of the molecule is Cc1[nH]c(C(=O)N(C)Cc2nccn2CC(F)(F)F)c(C)c1C(=O)OC(C)C. The second kappa shape index (κ2) is 8.07. The summed E-state index contributed by atoms with van der Waals surface area (Å²) < 4.78 is 44.1. The van der Waals surface area contributed by atoms with Gasteiger partial charge in [-0.3, -0.25) is 4.79 Å². The molecule has 0 aliphatic heterocycles. The Kier molecular flexibility index (Phi) is 6.20. The van der Waals surface area contributed by atoms with E-state index in [4.69, 9.17) is 4.74 Å². The summed E-state index contributed by atoms with van der Waals surface area (Å²) >= 11 is 0. The molecule has 0 spiro atoms. The average Bonchev–Trinajstić information content (AvgIpc) is 3.08. The van der Waals surface area contributed by atoms with Crippen molar-refractivity contribution in [2.24, 2.45) is 0 Å². The molecule has 2 aromatic rings. The van der Waals surface area contributed by atoms with Gasteiger partial charge in [0.1, 0.15) is 18.1 Å². The number of halogens is 3. The molecule has 0 fully saturated rings. The highest BCUT2D eigenvalue weighted by Crippen LogP contribution is 2.22. The van der Waals surface area contributed by atoms with Crippen LogP contribution in [-0.2, 0) is 17.8 Å².